The number of amides is 2. The van der Waals surface area contributed by atoms with Crippen LogP contribution in [-0.2, 0) is 25.6 Å². The van der Waals surface area contributed by atoms with Crippen LogP contribution in [0.25, 0.3) is 0 Å². The van der Waals surface area contributed by atoms with Crippen LogP contribution in [0.15, 0.2) is 47.0 Å². The van der Waals surface area contributed by atoms with Crippen molar-refractivity contribution in [2.24, 2.45) is 11.1 Å². The monoisotopic (exact) mass is 937 g/mol. The molecule has 0 unspecified atom stereocenters. The first-order valence-electron chi connectivity index (χ1n) is 17.4. The van der Waals surface area contributed by atoms with E-state index in [4.69, 9.17) is 14.3 Å². The van der Waals surface area contributed by atoms with Gasteiger partial charge in [-0.2, -0.15) is 0 Å². The van der Waals surface area contributed by atoms with Crippen molar-refractivity contribution >= 4 is 81.2 Å². The predicted molar refractivity (Wildman–Crippen MR) is 209 cm³/mol. The summed E-state index contributed by atoms with van der Waals surface area (Å²) in [5.74, 6) is 1.72. The molecule has 9 nitrogen and oxygen atoms in total. The van der Waals surface area contributed by atoms with Gasteiger partial charge in [0.05, 0.1) is 31.6 Å². The second-order valence-corrected chi connectivity index (χ2v) is 16.5. The number of hydrogen-bond donors (Lipinski definition) is 3. The van der Waals surface area contributed by atoms with Gasteiger partial charge in [-0.05, 0) is 113 Å². The Labute approximate surface area is 325 Å². The fraction of sp³-hybridized carbons (Fsp3) is 0.639. The molecule has 1 aromatic rings. The molecule has 1 aliphatic heterocycles. The van der Waals surface area contributed by atoms with E-state index in [1.807, 2.05) is 12.1 Å². The first-order chi connectivity index (χ1) is 23.5. The van der Waals surface area contributed by atoms with Gasteiger partial charge in [-0.1, -0.05) is 76.8 Å². The number of aliphatic hydroxyl groups excluding tert-OH is 1. The van der Waals surface area contributed by atoms with E-state index in [1.54, 1.807) is 6.08 Å². The lowest BCUT2D eigenvalue weighted by molar-refractivity contribution is -0.121. The highest BCUT2D eigenvalue weighted by molar-refractivity contribution is 9.12. The third kappa shape index (κ3) is 13.6. The van der Waals surface area contributed by atoms with Gasteiger partial charge >= 0.3 is 0 Å². The van der Waals surface area contributed by atoms with Crippen LogP contribution in [0, 0.1) is 5.92 Å². The molecule has 1 aliphatic carbocycles. The van der Waals surface area contributed by atoms with Crippen LogP contribution in [0.3, 0.4) is 0 Å². The molecule has 0 bridgehead atoms. The van der Waals surface area contributed by atoms with Crippen LogP contribution in [0.2, 0.25) is 0 Å². The second kappa shape index (κ2) is 21.8. The Morgan fingerprint density at radius 3 is 2.22 bits per heavy atom. The normalized spacial score (nSPS) is 18.8. The van der Waals surface area contributed by atoms with Crippen molar-refractivity contribution in [3.63, 3.8) is 0 Å². The number of halogens is 4. The number of aliphatic hydroxyl groups is 1. The quantitative estimate of drug-likeness (QED) is 0.1000. The molecule has 1 heterocycles. The topological polar surface area (TPSA) is 118 Å². The number of hydrogen-bond acceptors (Lipinski definition) is 7. The minimum atomic E-state index is -1.20. The lowest BCUT2D eigenvalue weighted by atomic mass is 9.87. The van der Waals surface area contributed by atoms with E-state index in [1.165, 1.54) is 58.5 Å². The number of allylic oxidation sites excluding steroid dienone is 1. The molecule has 2 atom stereocenters. The van der Waals surface area contributed by atoms with Crippen LogP contribution in [-0.4, -0.2) is 61.1 Å². The van der Waals surface area contributed by atoms with Gasteiger partial charge in [0.25, 0.3) is 5.91 Å². The molecule has 3 rings (SSSR count). The van der Waals surface area contributed by atoms with Gasteiger partial charge in [-0.3, -0.25) is 9.59 Å². The number of unbranched alkanes of at least 4 members (excludes halogenated alkanes) is 8. The van der Waals surface area contributed by atoms with Crippen LogP contribution in [0.4, 0.5) is 0 Å². The van der Waals surface area contributed by atoms with Crippen molar-refractivity contribution in [3.05, 3.63) is 47.4 Å². The number of carbonyl (C=O) groups is 2. The van der Waals surface area contributed by atoms with Crippen molar-refractivity contribution in [3.8, 4) is 5.75 Å². The van der Waals surface area contributed by atoms with E-state index < -0.39 is 11.7 Å². The number of benzene rings is 1. The second-order valence-electron chi connectivity index (χ2n) is 13.1. The van der Waals surface area contributed by atoms with E-state index in [0.29, 0.717) is 59.4 Å². The van der Waals surface area contributed by atoms with Crippen molar-refractivity contribution < 1.29 is 29.0 Å². The molecule has 49 heavy (non-hydrogen) atoms. The number of carbonyl (C=O) groups excluding carboxylic acids is 2. The first kappa shape index (κ1) is 42.0. The van der Waals surface area contributed by atoms with Crippen molar-refractivity contribution in [1.82, 2.24) is 10.6 Å². The minimum absolute atomic E-state index is 0.104. The molecule has 0 radical (unpaired) electrons. The Hall–Kier alpha value is -1.41. The SMILES string of the molecule is COC1=C(Br)[C@@H](O)[C@]2(C=C1Br)CC(C(=O)NCCc1cc(Br)c(OCCCNC(=O)CCCCCCCCCCCC(C)C)c(Br)c1)=NO2. The summed E-state index contributed by atoms with van der Waals surface area (Å²) in [7, 11) is 1.50. The molecule has 0 saturated heterocycles. The largest absolute Gasteiger partial charge is 0.495 e. The third-order valence-corrected chi connectivity index (χ3v) is 11.1. The zero-order valence-electron chi connectivity index (χ0n) is 28.9. The number of ether oxygens (including phenoxy) is 2. The van der Waals surface area contributed by atoms with E-state index in [0.717, 1.165) is 33.3 Å². The molecule has 0 fully saturated rings. The molecule has 2 aliphatic rings. The highest BCUT2D eigenvalue weighted by Gasteiger charge is 2.50. The maximum Gasteiger partial charge on any atom is 0.269 e. The Morgan fingerprint density at radius 2 is 1.59 bits per heavy atom. The molecular formula is C36H51Br4N3O6. The molecule has 1 spiro atoms. The summed E-state index contributed by atoms with van der Waals surface area (Å²) in [5, 5.41) is 20.7. The Morgan fingerprint density at radius 1 is 0.959 bits per heavy atom. The Kier molecular flexibility index (Phi) is 18.7. The van der Waals surface area contributed by atoms with Crippen LogP contribution in [0.1, 0.15) is 103 Å². The fourth-order valence-electron chi connectivity index (χ4n) is 5.77. The smallest absolute Gasteiger partial charge is 0.269 e. The summed E-state index contributed by atoms with van der Waals surface area (Å²) in [6.07, 6.45) is 15.2. The lowest BCUT2D eigenvalue weighted by Gasteiger charge is -2.33. The minimum Gasteiger partial charge on any atom is -0.495 e. The van der Waals surface area contributed by atoms with E-state index in [9.17, 15) is 14.7 Å². The zero-order valence-corrected chi connectivity index (χ0v) is 35.2. The molecular weight excluding hydrogens is 890 g/mol. The molecule has 3 N–H and O–H groups in total. The number of methoxy groups -OCH3 is 1. The fourth-order valence-corrected chi connectivity index (χ4v) is 9.08. The lowest BCUT2D eigenvalue weighted by Crippen LogP contribution is -2.45. The van der Waals surface area contributed by atoms with E-state index in [-0.39, 0.29) is 23.9 Å². The number of nitrogens with one attached hydrogen (secondary N) is 2. The average Bonchev–Trinajstić information content (AvgIpc) is 3.48. The van der Waals surface area contributed by atoms with Gasteiger partial charge in [0, 0.05) is 25.9 Å². The van der Waals surface area contributed by atoms with Crippen molar-refractivity contribution in [1.29, 1.82) is 0 Å². The number of oxime groups is 1. The molecule has 13 heteroatoms. The van der Waals surface area contributed by atoms with Crippen LogP contribution < -0.4 is 15.4 Å². The van der Waals surface area contributed by atoms with E-state index in [2.05, 4.69) is 93.4 Å². The zero-order chi connectivity index (χ0) is 35.8. The Balaban J connectivity index is 1.27. The maximum absolute atomic E-state index is 12.9. The molecule has 1 aromatic carbocycles. The van der Waals surface area contributed by atoms with Gasteiger partial charge < -0.3 is 30.1 Å². The summed E-state index contributed by atoms with van der Waals surface area (Å²) in [6, 6.07) is 3.93. The summed E-state index contributed by atoms with van der Waals surface area (Å²) < 4.78 is 13.9. The number of nitrogens with zero attached hydrogens (tertiary/aromatic N) is 1. The molecule has 0 saturated carbocycles. The summed E-state index contributed by atoms with van der Waals surface area (Å²) in [6.45, 7) is 6.01. The maximum atomic E-state index is 12.9. The number of rotatable bonds is 22. The van der Waals surface area contributed by atoms with Gasteiger partial charge in [0.1, 0.15) is 23.3 Å². The van der Waals surface area contributed by atoms with Gasteiger partial charge in [0.15, 0.2) is 5.60 Å². The van der Waals surface area contributed by atoms with Gasteiger partial charge in [-0.15, -0.1) is 0 Å². The molecule has 274 valence electrons. The average molecular weight is 941 g/mol. The van der Waals surface area contributed by atoms with E-state index >= 15 is 0 Å². The predicted octanol–water partition coefficient (Wildman–Crippen LogP) is 9.12. The van der Waals surface area contributed by atoms with Crippen LogP contribution in [0.5, 0.6) is 5.75 Å². The standard InChI is InChI=1S/C36H51Br4N3O6/c1-24(2)14-11-9-7-5-4-6-8-10-12-15-30(44)41-17-13-19-48-32-26(37)20-25(21-27(32)38)16-18-42-35(46)29-23-36(49-43-29)22-28(39)33(47-3)31(40)34(36)45/h20-22,24,34,45H,4-19,23H2,1-3H3,(H,41,44)(H,42,46)/t34-,36+/m1/s1. The van der Waals surface area contributed by atoms with Crippen LogP contribution >= 0.6 is 63.7 Å². The van der Waals surface area contributed by atoms with Crippen molar-refractivity contribution in [2.45, 2.75) is 115 Å². The molecule has 2 amide bonds. The molecule has 0 aromatic heterocycles. The highest BCUT2D eigenvalue weighted by atomic mass is 79.9. The summed E-state index contributed by atoms with van der Waals surface area (Å²) in [5.41, 5.74) is -0.00906. The third-order valence-electron chi connectivity index (χ3n) is 8.58. The summed E-state index contributed by atoms with van der Waals surface area (Å²) in [4.78, 5) is 30.6. The van der Waals surface area contributed by atoms with Gasteiger partial charge in [-0.25, -0.2) is 0 Å². The van der Waals surface area contributed by atoms with Crippen molar-refractivity contribution in [2.75, 3.05) is 26.8 Å². The first-order valence-corrected chi connectivity index (χ1v) is 20.6. The van der Waals surface area contributed by atoms with Gasteiger partial charge in [0.2, 0.25) is 5.91 Å². The summed E-state index contributed by atoms with van der Waals surface area (Å²) >= 11 is 14.0. The highest BCUT2D eigenvalue weighted by Crippen LogP contribution is 2.44. The Bertz CT molecular complexity index is 1330.